The molecule has 0 aliphatic heterocycles. The number of methoxy groups -OCH3 is 1. The van der Waals surface area contributed by atoms with Gasteiger partial charge in [-0.1, -0.05) is 28.1 Å². The van der Waals surface area contributed by atoms with Gasteiger partial charge in [0.25, 0.3) is 0 Å². The summed E-state index contributed by atoms with van der Waals surface area (Å²) in [6.45, 7) is 2.03. The molecule has 0 radical (unpaired) electrons. The molecule has 1 N–H and O–H groups in total. The van der Waals surface area contributed by atoms with Crippen LogP contribution >= 0.6 is 15.9 Å². The second kappa shape index (κ2) is 6.47. The Morgan fingerprint density at radius 2 is 2.10 bits per heavy atom. The number of hydrogen-bond donors (Lipinski definition) is 1. The second-order valence-corrected chi connectivity index (χ2v) is 5.13. The molecule has 1 aromatic heterocycles. The first-order chi connectivity index (χ1) is 9.60. The van der Waals surface area contributed by atoms with Gasteiger partial charge < -0.3 is 10.1 Å². The summed E-state index contributed by atoms with van der Waals surface area (Å²) in [4.78, 5) is 11.3. The van der Waals surface area contributed by atoms with Crippen molar-refractivity contribution in [3.63, 3.8) is 0 Å². The number of esters is 1. The van der Waals surface area contributed by atoms with Crippen molar-refractivity contribution in [3.05, 3.63) is 52.1 Å². The fourth-order valence-corrected chi connectivity index (χ4v) is 2.12. The monoisotopic (exact) mass is 335 g/mol. The van der Waals surface area contributed by atoms with Crippen molar-refractivity contribution in [3.8, 4) is 0 Å². The molecule has 0 aliphatic rings. The summed E-state index contributed by atoms with van der Waals surface area (Å²) < 4.78 is 5.60. The maximum Gasteiger partial charge on any atom is 0.358 e. The van der Waals surface area contributed by atoms with Crippen LogP contribution in [0.4, 0.5) is 5.82 Å². The highest BCUT2D eigenvalue weighted by Crippen LogP contribution is 2.20. The van der Waals surface area contributed by atoms with Crippen LogP contribution in [0.2, 0.25) is 0 Å². The summed E-state index contributed by atoms with van der Waals surface area (Å²) in [5.41, 5.74) is 1.31. The van der Waals surface area contributed by atoms with E-state index in [1.54, 1.807) is 12.1 Å². The zero-order valence-electron chi connectivity index (χ0n) is 11.1. The summed E-state index contributed by atoms with van der Waals surface area (Å²) >= 11 is 3.44. The van der Waals surface area contributed by atoms with Gasteiger partial charge in [-0.05, 0) is 36.8 Å². The first-order valence-corrected chi connectivity index (χ1v) is 6.83. The third kappa shape index (κ3) is 3.54. The number of anilines is 1. The lowest BCUT2D eigenvalue weighted by molar-refractivity contribution is 0.0593. The third-order valence-corrected chi connectivity index (χ3v) is 3.27. The van der Waals surface area contributed by atoms with Crippen LogP contribution in [0.5, 0.6) is 0 Å². The molecule has 2 aromatic rings. The molecular weight excluding hydrogens is 322 g/mol. The lowest BCUT2D eigenvalue weighted by Crippen LogP contribution is -2.10. The van der Waals surface area contributed by atoms with Crippen molar-refractivity contribution in [1.82, 2.24) is 10.2 Å². The van der Waals surface area contributed by atoms with E-state index in [9.17, 15) is 4.79 Å². The van der Waals surface area contributed by atoms with Crippen LogP contribution in [-0.4, -0.2) is 23.3 Å². The van der Waals surface area contributed by atoms with Gasteiger partial charge in [0.1, 0.15) is 5.82 Å². The summed E-state index contributed by atoms with van der Waals surface area (Å²) in [7, 11) is 1.31. The van der Waals surface area contributed by atoms with Crippen LogP contribution in [-0.2, 0) is 4.74 Å². The smallest absolute Gasteiger partial charge is 0.358 e. The molecule has 20 heavy (non-hydrogen) atoms. The third-order valence-electron chi connectivity index (χ3n) is 2.77. The van der Waals surface area contributed by atoms with Crippen molar-refractivity contribution in [2.24, 2.45) is 0 Å². The minimum absolute atomic E-state index is 0.0748. The van der Waals surface area contributed by atoms with Gasteiger partial charge in [-0.15, -0.1) is 10.2 Å². The Morgan fingerprint density at radius 1 is 1.30 bits per heavy atom. The van der Waals surface area contributed by atoms with E-state index < -0.39 is 5.97 Å². The van der Waals surface area contributed by atoms with Crippen molar-refractivity contribution in [1.29, 1.82) is 0 Å². The highest BCUT2D eigenvalue weighted by atomic mass is 79.9. The highest BCUT2D eigenvalue weighted by molar-refractivity contribution is 9.10. The van der Waals surface area contributed by atoms with Gasteiger partial charge in [0, 0.05) is 4.47 Å². The number of nitrogens with one attached hydrogen (secondary N) is 1. The Hall–Kier alpha value is -1.95. The van der Waals surface area contributed by atoms with E-state index in [-0.39, 0.29) is 11.7 Å². The molecule has 104 valence electrons. The number of aromatic nitrogens is 2. The molecule has 0 saturated heterocycles. The van der Waals surface area contributed by atoms with Crippen molar-refractivity contribution in [2.75, 3.05) is 12.4 Å². The molecular formula is C14H14BrN3O2. The molecule has 2 rings (SSSR count). The SMILES string of the molecule is COC(=O)c1ccc(NC(C)c2cccc(Br)c2)nn1. The summed E-state index contributed by atoms with van der Waals surface area (Å²) in [5.74, 6) is 0.106. The average molecular weight is 336 g/mol. The fourth-order valence-electron chi connectivity index (χ4n) is 1.70. The topological polar surface area (TPSA) is 64.1 Å². The molecule has 0 saturated carbocycles. The predicted molar refractivity (Wildman–Crippen MR) is 79.6 cm³/mol. The minimum atomic E-state index is -0.496. The normalized spacial score (nSPS) is 11.8. The van der Waals surface area contributed by atoms with E-state index in [4.69, 9.17) is 0 Å². The molecule has 1 unspecified atom stereocenters. The largest absolute Gasteiger partial charge is 0.464 e. The molecule has 5 nitrogen and oxygen atoms in total. The Bertz CT molecular complexity index is 602. The molecule has 0 bridgehead atoms. The molecule has 1 heterocycles. The van der Waals surface area contributed by atoms with Crippen molar-refractivity contribution >= 4 is 27.7 Å². The quantitative estimate of drug-likeness (QED) is 0.869. The Kier molecular flexibility index (Phi) is 4.68. The number of hydrogen-bond acceptors (Lipinski definition) is 5. The lowest BCUT2D eigenvalue weighted by atomic mass is 10.1. The second-order valence-electron chi connectivity index (χ2n) is 4.22. The van der Waals surface area contributed by atoms with Gasteiger partial charge >= 0.3 is 5.97 Å². The number of carbonyl (C=O) groups excluding carboxylic acids is 1. The van der Waals surface area contributed by atoms with Crippen LogP contribution in [0.3, 0.4) is 0 Å². The van der Waals surface area contributed by atoms with Crippen LogP contribution in [0.25, 0.3) is 0 Å². The van der Waals surface area contributed by atoms with Crippen LogP contribution < -0.4 is 5.32 Å². The lowest BCUT2D eigenvalue weighted by Gasteiger charge is -2.14. The van der Waals surface area contributed by atoms with Crippen LogP contribution in [0.15, 0.2) is 40.9 Å². The molecule has 0 spiro atoms. The number of nitrogens with zero attached hydrogens (tertiary/aromatic N) is 2. The first-order valence-electron chi connectivity index (χ1n) is 6.04. The number of ether oxygens (including phenoxy) is 1. The zero-order valence-corrected chi connectivity index (χ0v) is 12.7. The Balaban J connectivity index is 2.08. The van der Waals surface area contributed by atoms with E-state index in [0.29, 0.717) is 5.82 Å². The van der Waals surface area contributed by atoms with E-state index in [1.165, 1.54) is 7.11 Å². The van der Waals surface area contributed by atoms with Crippen molar-refractivity contribution in [2.45, 2.75) is 13.0 Å². The maximum absolute atomic E-state index is 11.3. The molecule has 1 atom stereocenters. The number of halogens is 1. The fraction of sp³-hybridized carbons (Fsp3) is 0.214. The maximum atomic E-state index is 11.3. The number of rotatable bonds is 4. The molecule has 1 aromatic carbocycles. The van der Waals surface area contributed by atoms with Crippen LogP contribution in [0.1, 0.15) is 29.0 Å². The molecule has 0 fully saturated rings. The standard InChI is InChI=1S/C14H14BrN3O2/c1-9(10-4-3-5-11(15)8-10)16-13-7-6-12(17-18-13)14(19)20-2/h3-9H,1-2H3,(H,16,18). The summed E-state index contributed by atoms with van der Waals surface area (Å²) in [5, 5.41) is 11.0. The highest BCUT2D eigenvalue weighted by Gasteiger charge is 2.10. The number of carbonyl (C=O) groups is 1. The molecule has 6 heteroatoms. The Morgan fingerprint density at radius 3 is 2.70 bits per heavy atom. The average Bonchev–Trinajstić information content (AvgIpc) is 2.47. The van der Waals surface area contributed by atoms with Crippen molar-refractivity contribution < 1.29 is 9.53 Å². The number of benzene rings is 1. The van der Waals surface area contributed by atoms with E-state index in [0.717, 1.165) is 10.0 Å². The summed E-state index contributed by atoms with van der Waals surface area (Å²) in [6.07, 6.45) is 0. The van der Waals surface area contributed by atoms with E-state index >= 15 is 0 Å². The van der Waals surface area contributed by atoms with Gasteiger partial charge in [0.15, 0.2) is 5.69 Å². The van der Waals surface area contributed by atoms with E-state index in [1.807, 2.05) is 31.2 Å². The van der Waals surface area contributed by atoms with Crippen LogP contribution in [0, 0.1) is 0 Å². The van der Waals surface area contributed by atoms with E-state index in [2.05, 4.69) is 36.2 Å². The van der Waals surface area contributed by atoms with Gasteiger partial charge in [0.2, 0.25) is 0 Å². The minimum Gasteiger partial charge on any atom is -0.464 e. The molecule has 0 aliphatic carbocycles. The predicted octanol–water partition coefficient (Wildman–Crippen LogP) is 3.20. The van der Waals surface area contributed by atoms with Gasteiger partial charge in [-0.2, -0.15) is 0 Å². The molecule has 0 amide bonds. The van der Waals surface area contributed by atoms with Gasteiger partial charge in [-0.3, -0.25) is 0 Å². The van der Waals surface area contributed by atoms with Gasteiger partial charge in [-0.25, -0.2) is 4.79 Å². The Labute approximate surface area is 125 Å². The van der Waals surface area contributed by atoms with Gasteiger partial charge in [0.05, 0.1) is 13.2 Å². The summed E-state index contributed by atoms with van der Waals surface area (Å²) in [6, 6.07) is 11.4. The first kappa shape index (κ1) is 14.5. The zero-order chi connectivity index (χ0) is 14.5.